The summed E-state index contributed by atoms with van der Waals surface area (Å²) in [6, 6.07) is 8.09. The number of thiophene rings is 1. The summed E-state index contributed by atoms with van der Waals surface area (Å²) in [4.78, 5) is 5.50. The first-order valence-electron chi connectivity index (χ1n) is 3.63. The highest BCUT2D eigenvalue weighted by Gasteiger charge is 2.05. The Kier molecular flexibility index (Phi) is 3.00. The maximum Gasteiger partial charge on any atom is 0.0838 e. The summed E-state index contributed by atoms with van der Waals surface area (Å²) < 4.78 is 2.41. The maximum atomic E-state index is 4.29. The summed E-state index contributed by atoms with van der Waals surface area (Å²) in [6.45, 7) is 0. The molecule has 0 fully saturated rings. The second-order valence-corrected chi connectivity index (χ2v) is 5.98. The van der Waals surface area contributed by atoms with Gasteiger partial charge in [-0.25, -0.2) is 0 Å². The molecule has 0 spiro atoms. The van der Waals surface area contributed by atoms with Gasteiger partial charge in [0.2, 0.25) is 0 Å². The molecule has 0 N–H and O–H groups in total. The van der Waals surface area contributed by atoms with Gasteiger partial charge < -0.3 is 0 Å². The molecule has 0 aliphatic heterocycles. The van der Waals surface area contributed by atoms with Crippen LogP contribution in [0.5, 0.6) is 0 Å². The van der Waals surface area contributed by atoms with E-state index in [1.54, 1.807) is 11.3 Å². The molecule has 4 heteroatoms. The van der Waals surface area contributed by atoms with Crippen LogP contribution in [0.1, 0.15) is 0 Å². The summed E-state index contributed by atoms with van der Waals surface area (Å²) >= 11 is 7.52. The molecular formula is C9H5BrINS. The van der Waals surface area contributed by atoms with Crippen molar-refractivity contribution in [2.24, 2.45) is 0 Å². The van der Waals surface area contributed by atoms with Crippen molar-refractivity contribution in [1.82, 2.24) is 4.98 Å². The lowest BCUT2D eigenvalue weighted by molar-refractivity contribution is 1.34. The van der Waals surface area contributed by atoms with Crippen molar-refractivity contribution < 1.29 is 0 Å². The minimum absolute atomic E-state index is 1.04. The molecule has 0 aromatic carbocycles. The Morgan fingerprint density at radius 1 is 1.38 bits per heavy atom. The highest BCUT2D eigenvalue weighted by atomic mass is 127. The minimum Gasteiger partial charge on any atom is -0.255 e. The summed E-state index contributed by atoms with van der Waals surface area (Å²) in [7, 11) is 0. The molecular weight excluding hydrogens is 361 g/mol. The van der Waals surface area contributed by atoms with E-state index in [1.165, 1.54) is 12.2 Å². The molecule has 0 aliphatic carbocycles. The zero-order valence-corrected chi connectivity index (χ0v) is 11.1. The standard InChI is InChI=1S/C9H5BrINS/c10-9-6(11)5-8(13-9)7-3-1-2-4-12-7/h1-5H. The van der Waals surface area contributed by atoms with E-state index in [0.717, 1.165) is 5.69 Å². The second kappa shape index (κ2) is 4.06. The maximum absolute atomic E-state index is 4.29. The van der Waals surface area contributed by atoms with Gasteiger partial charge in [-0.1, -0.05) is 6.07 Å². The molecule has 0 unspecified atom stereocenters. The predicted octanol–water partition coefficient (Wildman–Crippen LogP) is 4.18. The number of halogens is 2. The highest BCUT2D eigenvalue weighted by Crippen LogP contribution is 2.34. The average molecular weight is 366 g/mol. The largest absolute Gasteiger partial charge is 0.255 e. The van der Waals surface area contributed by atoms with Crippen LogP contribution in [0.15, 0.2) is 34.2 Å². The third kappa shape index (κ3) is 2.11. The molecule has 0 amide bonds. The van der Waals surface area contributed by atoms with Gasteiger partial charge in [0.15, 0.2) is 0 Å². The first-order valence-corrected chi connectivity index (χ1v) is 6.32. The van der Waals surface area contributed by atoms with E-state index in [9.17, 15) is 0 Å². The molecule has 0 radical (unpaired) electrons. The van der Waals surface area contributed by atoms with Crippen LogP contribution in [0.25, 0.3) is 10.6 Å². The van der Waals surface area contributed by atoms with Gasteiger partial charge in [-0.2, -0.15) is 0 Å². The van der Waals surface area contributed by atoms with Crippen molar-refractivity contribution in [3.63, 3.8) is 0 Å². The Bertz CT molecular complexity index is 393. The van der Waals surface area contributed by atoms with E-state index in [1.807, 2.05) is 24.4 Å². The summed E-state index contributed by atoms with van der Waals surface area (Å²) in [5.41, 5.74) is 1.04. The fourth-order valence-electron chi connectivity index (χ4n) is 0.981. The van der Waals surface area contributed by atoms with Gasteiger partial charge in [-0.15, -0.1) is 11.3 Å². The summed E-state index contributed by atoms with van der Waals surface area (Å²) in [6.07, 6.45) is 1.82. The minimum atomic E-state index is 1.04. The molecule has 0 aliphatic rings. The zero-order chi connectivity index (χ0) is 9.26. The van der Waals surface area contributed by atoms with E-state index in [0.29, 0.717) is 0 Å². The third-order valence-electron chi connectivity index (χ3n) is 1.56. The molecule has 2 rings (SSSR count). The molecule has 0 bridgehead atoms. The lowest BCUT2D eigenvalue weighted by atomic mass is 10.3. The Morgan fingerprint density at radius 3 is 2.77 bits per heavy atom. The molecule has 0 atom stereocenters. The van der Waals surface area contributed by atoms with Gasteiger partial charge in [0.25, 0.3) is 0 Å². The first kappa shape index (κ1) is 9.61. The van der Waals surface area contributed by atoms with Crippen LogP contribution >= 0.6 is 49.9 Å². The van der Waals surface area contributed by atoms with Crippen LogP contribution in [0.2, 0.25) is 0 Å². The number of nitrogens with zero attached hydrogens (tertiary/aromatic N) is 1. The number of aromatic nitrogens is 1. The predicted molar refractivity (Wildman–Crippen MR) is 68.0 cm³/mol. The molecule has 13 heavy (non-hydrogen) atoms. The fourth-order valence-corrected chi connectivity index (χ4v) is 3.22. The smallest absolute Gasteiger partial charge is 0.0838 e. The van der Waals surface area contributed by atoms with Crippen molar-refractivity contribution in [2.45, 2.75) is 0 Å². The van der Waals surface area contributed by atoms with E-state index in [-0.39, 0.29) is 0 Å². The highest BCUT2D eigenvalue weighted by molar-refractivity contribution is 14.1. The Labute approximate surface area is 102 Å². The molecule has 0 saturated heterocycles. The van der Waals surface area contributed by atoms with Crippen LogP contribution in [0.4, 0.5) is 0 Å². The Balaban J connectivity index is 2.48. The SMILES string of the molecule is Brc1sc(-c2ccccn2)cc1I. The van der Waals surface area contributed by atoms with Crippen LogP contribution in [0, 0.1) is 3.57 Å². The topological polar surface area (TPSA) is 12.9 Å². The average Bonchev–Trinajstić information content (AvgIpc) is 2.49. The fraction of sp³-hybridized carbons (Fsp3) is 0. The number of hydrogen-bond acceptors (Lipinski definition) is 2. The van der Waals surface area contributed by atoms with Gasteiger partial charge in [0.05, 0.1) is 14.4 Å². The van der Waals surface area contributed by atoms with Crippen LogP contribution in [-0.2, 0) is 0 Å². The van der Waals surface area contributed by atoms with E-state index in [2.05, 4.69) is 49.6 Å². The normalized spacial score (nSPS) is 10.3. The van der Waals surface area contributed by atoms with Crippen LogP contribution in [-0.4, -0.2) is 4.98 Å². The number of rotatable bonds is 1. The molecule has 2 heterocycles. The van der Waals surface area contributed by atoms with Crippen molar-refractivity contribution in [1.29, 1.82) is 0 Å². The van der Waals surface area contributed by atoms with Gasteiger partial charge in [0.1, 0.15) is 0 Å². The van der Waals surface area contributed by atoms with Crippen molar-refractivity contribution in [2.75, 3.05) is 0 Å². The van der Waals surface area contributed by atoms with Crippen molar-refractivity contribution in [3.05, 3.63) is 37.8 Å². The molecule has 0 saturated carbocycles. The van der Waals surface area contributed by atoms with Gasteiger partial charge >= 0.3 is 0 Å². The lowest BCUT2D eigenvalue weighted by Gasteiger charge is -1.92. The van der Waals surface area contributed by atoms with Crippen LogP contribution < -0.4 is 0 Å². The van der Waals surface area contributed by atoms with Gasteiger partial charge in [-0.3, -0.25) is 4.98 Å². The second-order valence-electron chi connectivity index (χ2n) is 2.45. The third-order valence-corrected chi connectivity index (χ3v) is 5.38. The van der Waals surface area contributed by atoms with Gasteiger partial charge in [0, 0.05) is 9.77 Å². The molecule has 2 aromatic rings. The van der Waals surface area contributed by atoms with Crippen LogP contribution in [0.3, 0.4) is 0 Å². The summed E-state index contributed by atoms with van der Waals surface area (Å²) in [5, 5.41) is 0. The monoisotopic (exact) mass is 365 g/mol. The quantitative estimate of drug-likeness (QED) is 0.691. The molecule has 2 aromatic heterocycles. The Morgan fingerprint density at radius 2 is 2.23 bits per heavy atom. The lowest BCUT2D eigenvalue weighted by Crippen LogP contribution is -1.75. The molecule has 1 nitrogen and oxygen atoms in total. The van der Waals surface area contributed by atoms with E-state index < -0.39 is 0 Å². The zero-order valence-electron chi connectivity index (χ0n) is 6.50. The number of pyridine rings is 1. The van der Waals surface area contributed by atoms with E-state index in [4.69, 9.17) is 0 Å². The first-order chi connectivity index (χ1) is 6.27. The summed E-state index contributed by atoms with van der Waals surface area (Å²) in [5.74, 6) is 0. The van der Waals surface area contributed by atoms with Crippen molar-refractivity contribution >= 4 is 49.9 Å². The van der Waals surface area contributed by atoms with Crippen molar-refractivity contribution in [3.8, 4) is 10.6 Å². The Hall–Kier alpha value is 0.0600. The number of hydrogen-bond donors (Lipinski definition) is 0. The molecule has 66 valence electrons. The van der Waals surface area contributed by atoms with Gasteiger partial charge in [-0.05, 0) is 56.7 Å². The van der Waals surface area contributed by atoms with E-state index >= 15 is 0 Å².